The van der Waals surface area contributed by atoms with Crippen LogP contribution >= 0.6 is 0 Å². The van der Waals surface area contributed by atoms with Crippen LogP contribution in [0.3, 0.4) is 0 Å². The minimum absolute atomic E-state index is 0.164. The maximum absolute atomic E-state index is 13.0. The fourth-order valence-corrected chi connectivity index (χ4v) is 4.89. The number of hydrogen-bond donors (Lipinski definition) is 2. The zero-order valence-corrected chi connectivity index (χ0v) is 20.2. The van der Waals surface area contributed by atoms with E-state index in [-0.39, 0.29) is 24.3 Å². The van der Waals surface area contributed by atoms with Gasteiger partial charge in [-0.2, -0.15) is 0 Å². The van der Waals surface area contributed by atoms with Crippen LogP contribution in [0.2, 0.25) is 0 Å². The Balaban J connectivity index is 1.29. The third-order valence-electron chi connectivity index (χ3n) is 6.72. The molecule has 2 N–H and O–H groups in total. The van der Waals surface area contributed by atoms with E-state index >= 15 is 0 Å². The average molecular weight is 471 g/mol. The molecule has 1 atom stereocenters. The number of piperidine rings is 2. The number of nitrogens with zero attached hydrogens (tertiary/aromatic N) is 2. The van der Waals surface area contributed by atoms with Crippen LogP contribution in [0.5, 0.6) is 0 Å². The first kappa shape index (κ1) is 24.0. The van der Waals surface area contributed by atoms with E-state index in [1.165, 1.54) is 0 Å². The summed E-state index contributed by atoms with van der Waals surface area (Å²) < 4.78 is 5.47. The fourth-order valence-electron chi connectivity index (χ4n) is 4.89. The summed E-state index contributed by atoms with van der Waals surface area (Å²) in [4.78, 5) is 52.3. The molecule has 1 aromatic rings. The largest absolute Gasteiger partial charge is 0.444 e. The standard InChI is InChI=1S/C25H34N4O5/c1-25(2,3)34-24(33)28-13-10-16(11-14-28)9-12-26-19-6-4-5-17-18(19)15-29(23(17)32)20-7-8-21(30)27-22(20)31/h4-6,16,20,26H,7-15H2,1-3H3,(H,27,30,31). The smallest absolute Gasteiger partial charge is 0.410 e. The zero-order valence-electron chi connectivity index (χ0n) is 20.2. The predicted molar refractivity (Wildman–Crippen MR) is 126 cm³/mol. The van der Waals surface area contributed by atoms with Crippen molar-refractivity contribution in [3.8, 4) is 0 Å². The first-order chi connectivity index (χ1) is 16.1. The maximum Gasteiger partial charge on any atom is 0.410 e. The van der Waals surface area contributed by atoms with Gasteiger partial charge in [0.1, 0.15) is 11.6 Å². The Labute approximate surface area is 200 Å². The van der Waals surface area contributed by atoms with Crippen molar-refractivity contribution in [3.63, 3.8) is 0 Å². The van der Waals surface area contributed by atoms with Gasteiger partial charge in [-0.25, -0.2) is 4.79 Å². The third-order valence-corrected chi connectivity index (χ3v) is 6.72. The topological polar surface area (TPSA) is 108 Å². The van der Waals surface area contributed by atoms with E-state index in [4.69, 9.17) is 4.74 Å². The molecule has 9 nitrogen and oxygen atoms in total. The number of hydrogen-bond acceptors (Lipinski definition) is 6. The van der Waals surface area contributed by atoms with Crippen molar-refractivity contribution in [2.75, 3.05) is 25.0 Å². The molecule has 1 unspecified atom stereocenters. The van der Waals surface area contributed by atoms with Crippen LogP contribution < -0.4 is 10.6 Å². The van der Waals surface area contributed by atoms with Gasteiger partial charge in [-0.1, -0.05) is 6.07 Å². The van der Waals surface area contributed by atoms with Gasteiger partial charge < -0.3 is 19.9 Å². The summed E-state index contributed by atoms with van der Waals surface area (Å²) in [5, 5.41) is 5.82. The van der Waals surface area contributed by atoms with Gasteiger partial charge in [-0.05, 0) is 64.5 Å². The second-order valence-electron chi connectivity index (χ2n) is 10.4. The maximum atomic E-state index is 13.0. The minimum atomic E-state index is -0.611. The molecule has 34 heavy (non-hydrogen) atoms. The highest BCUT2D eigenvalue weighted by molar-refractivity contribution is 6.06. The molecule has 0 bridgehead atoms. The second kappa shape index (κ2) is 9.64. The molecule has 0 aromatic heterocycles. The number of carbonyl (C=O) groups excluding carboxylic acids is 4. The van der Waals surface area contributed by atoms with Gasteiger partial charge in [0.25, 0.3) is 5.91 Å². The van der Waals surface area contributed by atoms with Gasteiger partial charge in [0.15, 0.2) is 0 Å². The van der Waals surface area contributed by atoms with E-state index < -0.39 is 17.6 Å². The number of imide groups is 1. The minimum Gasteiger partial charge on any atom is -0.444 e. The Morgan fingerprint density at radius 1 is 1.15 bits per heavy atom. The lowest BCUT2D eigenvalue weighted by Gasteiger charge is -2.33. The van der Waals surface area contributed by atoms with Crippen LogP contribution in [-0.2, 0) is 20.9 Å². The monoisotopic (exact) mass is 470 g/mol. The van der Waals surface area contributed by atoms with Crippen LogP contribution in [0.15, 0.2) is 18.2 Å². The molecule has 0 spiro atoms. The molecular formula is C25H34N4O5. The number of carbonyl (C=O) groups is 4. The van der Waals surface area contributed by atoms with Gasteiger partial charge in [0.2, 0.25) is 11.8 Å². The van der Waals surface area contributed by atoms with Crippen LogP contribution in [0, 0.1) is 5.92 Å². The van der Waals surface area contributed by atoms with E-state index in [2.05, 4.69) is 10.6 Å². The molecule has 184 valence electrons. The number of rotatable bonds is 5. The second-order valence-corrected chi connectivity index (χ2v) is 10.4. The Morgan fingerprint density at radius 3 is 2.56 bits per heavy atom. The summed E-state index contributed by atoms with van der Waals surface area (Å²) in [6.07, 6.45) is 3.21. The van der Waals surface area contributed by atoms with Crippen molar-refractivity contribution in [2.24, 2.45) is 5.92 Å². The summed E-state index contributed by atoms with van der Waals surface area (Å²) in [5.41, 5.74) is 1.94. The zero-order chi connectivity index (χ0) is 24.5. The molecule has 4 rings (SSSR count). The molecule has 9 heteroatoms. The average Bonchev–Trinajstić information content (AvgIpc) is 3.10. The quantitative estimate of drug-likeness (QED) is 0.641. The number of benzene rings is 1. The molecule has 3 aliphatic rings. The lowest BCUT2D eigenvalue weighted by molar-refractivity contribution is -0.136. The molecule has 0 saturated carbocycles. The highest BCUT2D eigenvalue weighted by atomic mass is 16.6. The Kier molecular flexibility index (Phi) is 6.81. The summed E-state index contributed by atoms with van der Waals surface area (Å²) in [5.74, 6) is -0.332. The number of ether oxygens (including phenoxy) is 1. The number of anilines is 1. The van der Waals surface area contributed by atoms with E-state index in [0.717, 1.165) is 37.1 Å². The summed E-state index contributed by atoms with van der Waals surface area (Å²) in [7, 11) is 0. The van der Waals surface area contributed by atoms with E-state index in [0.29, 0.717) is 37.5 Å². The van der Waals surface area contributed by atoms with Crippen LogP contribution in [0.1, 0.15) is 68.8 Å². The number of fused-ring (bicyclic) bond motifs is 1. The van der Waals surface area contributed by atoms with E-state index in [1.807, 2.05) is 32.9 Å². The number of nitrogens with one attached hydrogen (secondary N) is 2. The Hall–Kier alpha value is -3.10. The first-order valence-electron chi connectivity index (χ1n) is 12.1. The molecular weight excluding hydrogens is 436 g/mol. The van der Waals surface area contributed by atoms with Gasteiger partial charge >= 0.3 is 6.09 Å². The highest BCUT2D eigenvalue weighted by Crippen LogP contribution is 2.32. The SMILES string of the molecule is CC(C)(C)OC(=O)N1CCC(CCNc2cccc3c2CN(C2CCC(=O)NC2=O)C3=O)CC1. The van der Waals surface area contributed by atoms with E-state index in [1.54, 1.807) is 15.9 Å². The summed E-state index contributed by atoms with van der Waals surface area (Å²) in [6.45, 7) is 8.16. The van der Waals surface area contributed by atoms with E-state index in [9.17, 15) is 19.2 Å². The molecule has 0 radical (unpaired) electrons. The lowest BCUT2D eigenvalue weighted by atomic mass is 9.93. The van der Waals surface area contributed by atoms with Crippen LogP contribution in [0.25, 0.3) is 0 Å². The normalized spacial score (nSPS) is 21.4. The predicted octanol–water partition coefficient (Wildman–Crippen LogP) is 2.90. The van der Waals surface area contributed by atoms with Gasteiger partial charge in [-0.15, -0.1) is 0 Å². The van der Waals surface area contributed by atoms with Gasteiger partial charge in [0.05, 0.1) is 0 Å². The fraction of sp³-hybridized carbons (Fsp3) is 0.600. The van der Waals surface area contributed by atoms with Crippen LogP contribution in [-0.4, -0.2) is 64.9 Å². The van der Waals surface area contributed by atoms with Crippen molar-refractivity contribution in [1.29, 1.82) is 0 Å². The van der Waals surface area contributed by atoms with Crippen molar-refractivity contribution >= 4 is 29.5 Å². The van der Waals surface area contributed by atoms with Crippen molar-refractivity contribution < 1.29 is 23.9 Å². The molecule has 2 saturated heterocycles. The van der Waals surface area contributed by atoms with Crippen molar-refractivity contribution in [2.45, 2.75) is 71.1 Å². The molecule has 4 amide bonds. The summed E-state index contributed by atoms with van der Waals surface area (Å²) in [6, 6.07) is 5.00. The molecule has 1 aromatic carbocycles. The Bertz CT molecular complexity index is 978. The molecule has 0 aliphatic carbocycles. The van der Waals surface area contributed by atoms with Crippen LogP contribution in [0.4, 0.5) is 10.5 Å². The number of amides is 4. The van der Waals surface area contributed by atoms with Crippen molar-refractivity contribution in [3.05, 3.63) is 29.3 Å². The Morgan fingerprint density at radius 2 is 1.88 bits per heavy atom. The molecule has 3 aliphatic heterocycles. The van der Waals surface area contributed by atoms with Gasteiger partial charge in [0, 0.05) is 49.4 Å². The molecule has 2 fully saturated rings. The third kappa shape index (κ3) is 5.34. The van der Waals surface area contributed by atoms with Crippen molar-refractivity contribution in [1.82, 2.24) is 15.1 Å². The number of likely N-dealkylation sites (tertiary alicyclic amines) is 1. The highest BCUT2D eigenvalue weighted by Gasteiger charge is 2.39. The summed E-state index contributed by atoms with van der Waals surface area (Å²) >= 11 is 0. The first-order valence-corrected chi connectivity index (χ1v) is 12.1. The lowest BCUT2D eigenvalue weighted by Crippen LogP contribution is -2.52. The van der Waals surface area contributed by atoms with Gasteiger partial charge in [-0.3, -0.25) is 19.7 Å². The molecule has 3 heterocycles.